The third-order valence-corrected chi connectivity index (χ3v) is 3.12. The first kappa shape index (κ1) is 10.5. The molecule has 1 aromatic carbocycles. The lowest BCUT2D eigenvalue weighted by molar-refractivity contribution is 0.0728. The van der Waals surface area contributed by atoms with Gasteiger partial charge in [-0.05, 0) is 44.9 Å². The second-order valence-electron chi connectivity index (χ2n) is 5.15. The van der Waals surface area contributed by atoms with Crippen LogP contribution in [-0.4, -0.2) is 5.60 Å². The zero-order valence-electron chi connectivity index (χ0n) is 9.92. The van der Waals surface area contributed by atoms with E-state index in [9.17, 15) is 0 Å². The summed E-state index contributed by atoms with van der Waals surface area (Å²) in [5, 5.41) is 0. The standard InChI is InChI=1S/C13H19NO/c1-8-5-10-11(14)7-13(3,4)15-12(10)6-9(8)2/h5-6,11H,7,14H2,1-4H3. The normalized spacial score (nSPS) is 23.1. The van der Waals surface area contributed by atoms with Crippen LogP contribution in [0.1, 0.15) is 43.0 Å². The van der Waals surface area contributed by atoms with Crippen LogP contribution in [0.2, 0.25) is 0 Å². The molecule has 0 radical (unpaired) electrons. The van der Waals surface area contributed by atoms with Gasteiger partial charge in [0, 0.05) is 18.0 Å². The van der Waals surface area contributed by atoms with Gasteiger partial charge in [-0.15, -0.1) is 0 Å². The fraction of sp³-hybridized carbons (Fsp3) is 0.538. The first-order chi connectivity index (χ1) is 6.89. The Bertz CT molecular complexity index is 396. The van der Waals surface area contributed by atoms with Gasteiger partial charge in [-0.2, -0.15) is 0 Å². The van der Waals surface area contributed by atoms with Crippen LogP contribution in [0.5, 0.6) is 5.75 Å². The van der Waals surface area contributed by atoms with Crippen molar-refractivity contribution in [2.45, 2.75) is 45.8 Å². The topological polar surface area (TPSA) is 35.2 Å². The highest BCUT2D eigenvalue weighted by Gasteiger charge is 2.31. The molecule has 2 heteroatoms. The molecule has 0 fully saturated rings. The predicted octanol–water partition coefficient (Wildman–Crippen LogP) is 2.86. The summed E-state index contributed by atoms with van der Waals surface area (Å²) in [7, 11) is 0. The van der Waals surface area contributed by atoms with Gasteiger partial charge in [0.2, 0.25) is 0 Å². The summed E-state index contributed by atoms with van der Waals surface area (Å²) in [6, 6.07) is 4.36. The van der Waals surface area contributed by atoms with Gasteiger partial charge in [-0.1, -0.05) is 6.07 Å². The molecule has 0 saturated carbocycles. The molecule has 1 aliphatic heterocycles. The Kier molecular flexibility index (Phi) is 2.27. The molecule has 0 aliphatic carbocycles. The monoisotopic (exact) mass is 205 g/mol. The molecule has 1 unspecified atom stereocenters. The number of hydrogen-bond acceptors (Lipinski definition) is 2. The Balaban J connectivity index is 2.51. The highest BCUT2D eigenvalue weighted by Crippen LogP contribution is 2.39. The van der Waals surface area contributed by atoms with Crippen molar-refractivity contribution in [2.24, 2.45) is 5.73 Å². The first-order valence-electron chi connectivity index (χ1n) is 5.45. The maximum Gasteiger partial charge on any atom is 0.125 e. The zero-order valence-corrected chi connectivity index (χ0v) is 9.92. The Morgan fingerprint density at radius 3 is 2.53 bits per heavy atom. The third-order valence-electron chi connectivity index (χ3n) is 3.12. The Morgan fingerprint density at radius 1 is 1.27 bits per heavy atom. The van der Waals surface area contributed by atoms with Gasteiger partial charge in [-0.25, -0.2) is 0 Å². The number of rotatable bonds is 0. The second kappa shape index (κ2) is 3.24. The van der Waals surface area contributed by atoms with Crippen LogP contribution >= 0.6 is 0 Å². The maximum absolute atomic E-state index is 6.16. The lowest BCUT2D eigenvalue weighted by Crippen LogP contribution is -2.37. The Hall–Kier alpha value is -1.02. The minimum absolute atomic E-state index is 0.100. The van der Waals surface area contributed by atoms with E-state index in [0.717, 1.165) is 17.7 Å². The van der Waals surface area contributed by atoms with E-state index in [1.165, 1.54) is 11.1 Å². The molecule has 1 aromatic rings. The van der Waals surface area contributed by atoms with Gasteiger partial charge in [0.05, 0.1) is 0 Å². The number of aryl methyl sites for hydroxylation is 2. The fourth-order valence-corrected chi connectivity index (χ4v) is 2.17. The summed E-state index contributed by atoms with van der Waals surface area (Å²) in [6.07, 6.45) is 0.877. The molecule has 2 rings (SSSR count). The molecule has 2 N–H and O–H groups in total. The first-order valence-corrected chi connectivity index (χ1v) is 5.45. The largest absolute Gasteiger partial charge is 0.487 e. The Labute approximate surface area is 91.4 Å². The van der Waals surface area contributed by atoms with Crippen molar-refractivity contribution in [3.63, 3.8) is 0 Å². The summed E-state index contributed by atoms with van der Waals surface area (Å²) in [5.74, 6) is 0.960. The van der Waals surface area contributed by atoms with E-state index in [4.69, 9.17) is 10.5 Å². The number of ether oxygens (including phenoxy) is 1. The molecule has 1 heterocycles. The average Bonchev–Trinajstić information content (AvgIpc) is 2.07. The number of hydrogen-bond donors (Lipinski definition) is 1. The maximum atomic E-state index is 6.16. The van der Waals surface area contributed by atoms with E-state index >= 15 is 0 Å². The minimum Gasteiger partial charge on any atom is -0.487 e. The van der Waals surface area contributed by atoms with E-state index < -0.39 is 0 Å². The summed E-state index contributed by atoms with van der Waals surface area (Å²) in [6.45, 7) is 8.39. The van der Waals surface area contributed by atoms with Crippen LogP contribution in [0.15, 0.2) is 12.1 Å². The van der Waals surface area contributed by atoms with Crippen molar-refractivity contribution in [1.82, 2.24) is 0 Å². The van der Waals surface area contributed by atoms with Gasteiger partial charge in [0.25, 0.3) is 0 Å². The molecular formula is C13H19NO. The van der Waals surface area contributed by atoms with Gasteiger partial charge < -0.3 is 10.5 Å². The van der Waals surface area contributed by atoms with Gasteiger partial charge in [0.15, 0.2) is 0 Å². The third kappa shape index (κ3) is 1.86. The van der Waals surface area contributed by atoms with Gasteiger partial charge in [0.1, 0.15) is 11.4 Å². The van der Waals surface area contributed by atoms with Crippen LogP contribution < -0.4 is 10.5 Å². The zero-order chi connectivity index (χ0) is 11.2. The van der Waals surface area contributed by atoms with E-state index in [2.05, 4.69) is 39.8 Å². The van der Waals surface area contributed by atoms with Crippen molar-refractivity contribution >= 4 is 0 Å². The molecule has 82 valence electrons. The minimum atomic E-state index is -0.145. The van der Waals surface area contributed by atoms with E-state index in [-0.39, 0.29) is 11.6 Å². The second-order valence-corrected chi connectivity index (χ2v) is 5.15. The molecule has 1 aliphatic rings. The highest BCUT2D eigenvalue weighted by atomic mass is 16.5. The molecule has 0 aromatic heterocycles. The van der Waals surface area contributed by atoms with Crippen molar-refractivity contribution < 1.29 is 4.74 Å². The van der Waals surface area contributed by atoms with E-state index in [1.807, 2.05) is 0 Å². The number of nitrogens with two attached hydrogens (primary N) is 1. The summed E-state index contributed by atoms with van der Waals surface area (Å²) in [4.78, 5) is 0. The average molecular weight is 205 g/mol. The highest BCUT2D eigenvalue weighted by molar-refractivity contribution is 5.45. The molecule has 1 atom stereocenters. The van der Waals surface area contributed by atoms with Crippen LogP contribution in [0.25, 0.3) is 0 Å². The van der Waals surface area contributed by atoms with Crippen molar-refractivity contribution in [3.05, 3.63) is 28.8 Å². The quantitative estimate of drug-likeness (QED) is 0.707. The molecule has 0 saturated heterocycles. The molecular weight excluding hydrogens is 186 g/mol. The lowest BCUT2D eigenvalue weighted by atomic mass is 9.88. The molecule has 0 bridgehead atoms. The molecule has 0 amide bonds. The van der Waals surface area contributed by atoms with E-state index in [0.29, 0.717) is 0 Å². The molecule has 0 spiro atoms. The SMILES string of the molecule is Cc1cc2c(cc1C)C(N)CC(C)(C)O2. The fourth-order valence-electron chi connectivity index (χ4n) is 2.17. The lowest BCUT2D eigenvalue weighted by Gasteiger charge is -2.36. The van der Waals surface area contributed by atoms with Crippen LogP contribution in [0.4, 0.5) is 0 Å². The van der Waals surface area contributed by atoms with Gasteiger partial charge >= 0.3 is 0 Å². The van der Waals surface area contributed by atoms with Gasteiger partial charge in [-0.3, -0.25) is 0 Å². The number of benzene rings is 1. The van der Waals surface area contributed by atoms with Crippen LogP contribution in [0, 0.1) is 13.8 Å². The van der Waals surface area contributed by atoms with Crippen LogP contribution in [-0.2, 0) is 0 Å². The number of fused-ring (bicyclic) bond motifs is 1. The smallest absolute Gasteiger partial charge is 0.125 e. The van der Waals surface area contributed by atoms with Crippen molar-refractivity contribution in [1.29, 1.82) is 0 Å². The Morgan fingerprint density at radius 2 is 1.87 bits per heavy atom. The van der Waals surface area contributed by atoms with E-state index in [1.54, 1.807) is 0 Å². The predicted molar refractivity (Wildman–Crippen MR) is 62.2 cm³/mol. The van der Waals surface area contributed by atoms with Crippen molar-refractivity contribution in [2.75, 3.05) is 0 Å². The summed E-state index contributed by atoms with van der Waals surface area (Å²) in [5.41, 5.74) is 9.71. The summed E-state index contributed by atoms with van der Waals surface area (Å²) < 4.78 is 5.95. The van der Waals surface area contributed by atoms with Crippen LogP contribution in [0.3, 0.4) is 0 Å². The summed E-state index contributed by atoms with van der Waals surface area (Å²) >= 11 is 0. The van der Waals surface area contributed by atoms with Crippen molar-refractivity contribution in [3.8, 4) is 5.75 Å². The molecule has 2 nitrogen and oxygen atoms in total. The molecule has 15 heavy (non-hydrogen) atoms.